The van der Waals surface area contributed by atoms with Crippen LogP contribution in [0.5, 0.6) is 0 Å². The van der Waals surface area contributed by atoms with Gasteiger partial charge >= 0.3 is 5.97 Å². The molecule has 144 valence electrons. The fraction of sp³-hybridized carbons (Fsp3) is 0.421. The Labute approximate surface area is 156 Å². The summed E-state index contributed by atoms with van der Waals surface area (Å²) in [4.78, 5) is 37.3. The zero-order valence-electron chi connectivity index (χ0n) is 15.3. The van der Waals surface area contributed by atoms with Gasteiger partial charge in [-0.05, 0) is 19.1 Å². The molecule has 2 heterocycles. The molecule has 1 saturated heterocycles. The highest BCUT2D eigenvalue weighted by molar-refractivity contribution is 5.99. The second kappa shape index (κ2) is 6.70. The van der Waals surface area contributed by atoms with Crippen LogP contribution in [0.3, 0.4) is 0 Å². The molecule has 0 spiro atoms. The molecule has 2 aliphatic rings. The Kier molecular flexibility index (Phi) is 4.69. The van der Waals surface area contributed by atoms with Gasteiger partial charge in [0.05, 0.1) is 6.10 Å². The number of aliphatic carboxylic acids is 1. The van der Waals surface area contributed by atoms with E-state index in [4.69, 9.17) is 4.74 Å². The van der Waals surface area contributed by atoms with E-state index in [2.05, 4.69) is 5.32 Å². The lowest BCUT2D eigenvalue weighted by molar-refractivity contribution is -0.183. The van der Waals surface area contributed by atoms with Gasteiger partial charge in [0.1, 0.15) is 11.7 Å². The molecular formula is C19H22N2O6. The van der Waals surface area contributed by atoms with Crippen LogP contribution in [0, 0.1) is 11.3 Å². The van der Waals surface area contributed by atoms with E-state index in [9.17, 15) is 24.6 Å². The van der Waals surface area contributed by atoms with Crippen molar-refractivity contribution >= 4 is 17.8 Å². The lowest BCUT2D eigenvalue weighted by atomic mass is 9.88. The zero-order valence-corrected chi connectivity index (χ0v) is 15.3. The van der Waals surface area contributed by atoms with Gasteiger partial charge in [0.25, 0.3) is 5.91 Å². The Hall–Kier alpha value is -2.87. The first-order valence-electron chi connectivity index (χ1n) is 8.64. The smallest absolute Gasteiger partial charge is 0.356 e. The minimum absolute atomic E-state index is 0.112. The molecule has 0 saturated carbocycles. The van der Waals surface area contributed by atoms with Crippen LogP contribution < -0.4 is 5.32 Å². The van der Waals surface area contributed by atoms with Crippen LogP contribution in [-0.4, -0.2) is 51.8 Å². The van der Waals surface area contributed by atoms with Crippen LogP contribution >= 0.6 is 0 Å². The van der Waals surface area contributed by atoms with E-state index in [0.29, 0.717) is 5.56 Å². The summed E-state index contributed by atoms with van der Waals surface area (Å²) in [5, 5.41) is 22.1. The lowest BCUT2D eigenvalue weighted by Gasteiger charge is -2.42. The largest absolute Gasteiger partial charge is 0.476 e. The maximum absolute atomic E-state index is 12.3. The number of carboxylic acid groups (broad SMARTS) is 1. The van der Waals surface area contributed by atoms with Gasteiger partial charge in [-0.1, -0.05) is 32.0 Å². The Balaban J connectivity index is 1.80. The van der Waals surface area contributed by atoms with E-state index in [1.807, 2.05) is 0 Å². The molecule has 2 amide bonds. The number of carbonyl (C=O) groups is 3. The lowest BCUT2D eigenvalue weighted by Crippen LogP contribution is -2.62. The third-order valence-electron chi connectivity index (χ3n) is 4.84. The van der Waals surface area contributed by atoms with Crippen LogP contribution in [0.4, 0.5) is 0 Å². The van der Waals surface area contributed by atoms with Crippen molar-refractivity contribution in [2.45, 2.75) is 33.1 Å². The van der Waals surface area contributed by atoms with Gasteiger partial charge in [-0.25, -0.2) is 4.79 Å². The summed E-state index contributed by atoms with van der Waals surface area (Å²) >= 11 is 0. The Morgan fingerprint density at radius 3 is 2.48 bits per heavy atom. The summed E-state index contributed by atoms with van der Waals surface area (Å²) < 4.78 is 5.77. The fourth-order valence-corrected chi connectivity index (χ4v) is 3.33. The van der Waals surface area contributed by atoms with E-state index in [0.717, 1.165) is 4.90 Å². The molecule has 3 rings (SSSR count). The highest BCUT2D eigenvalue weighted by Crippen LogP contribution is 2.46. The first kappa shape index (κ1) is 18.9. The van der Waals surface area contributed by atoms with E-state index in [1.165, 1.54) is 6.92 Å². The quantitative estimate of drug-likeness (QED) is 0.638. The standard InChI is InChI=1S/C19H22N2O6/c1-10(22)12-16(24)21-13(18(25)26)14(27-17(12)21)19(2,3)9-20-15(23)11-7-5-4-6-8-11/h4-8,10,12,17,22H,9H2,1-3H3,(H,20,23)(H,25,26)/t10-,12+,17-/m1/s1. The zero-order chi connectivity index (χ0) is 19.9. The number of nitrogens with zero attached hydrogens (tertiary/aromatic N) is 1. The van der Waals surface area contributed by atoms with Crippen molar-refractivity contribution in [3.05, 3.63) is 47.4 Å². The molecule has 27 heavy (non-hydrogen) atoms. The van der Waals surface area contributed by atoms with Crippen LogP contribution in [0.2, 0.25) is 0 Å². The Bertz CT molecular complexity index is 815. The first-order chi connectivity index (χ1) is 12.6. The minimum atomic E-state index is -1.28. The van der Waals surface area contributed by atoms with Gasteiger partial charge in [0.15, 0.2) is 11.9 Å². The molecular weight excluding hydrogens is 352 g/mol. The van der Waals surface area contributed by atoms with Crippen molar-refractivity contribution in [1.82, 2.24) is 10.2 Å². The molecule has 8 nitrogen and oxygen atoms in total. The van der Waals surface area contributed by atoms with Gasteiger partial charge in [-0.15, -0.1) is 0 Å². The van der Waals surface area contributed by atoms with Gasteiger partial charge in [-0.3, -0.25) is 14.5 Å². The van der Waals surface area contributed by atoms with Crippen LogP contribution in [-0.2, 0) is 14.3 Å². The molecule has 1 aromatic carbocycles. The predicted octanol–water partition coefficient (Wildman–Crippen LogP) is 0.934. The molecule has 3 atom stereocenters. The Morgan fingerprint density at radius 2 is 1.93 bits per heavy atom. The summed E-state index contributed by atoms with van der Waals surface area (Å²) in [6.45, 7) is 5.03. The average Bonchev–Trinajstić information content (AvgIpc) is 2.96. The normalized spacial score (nSPS) is 22.7. The van der Waals surface area contributed by atoms with Crippen LogP contribution in [0.25, 0.3) is 0 Å². The molecule has 0 aromatic heterocycles. The van der Waals surface area contributed by atoms with Crippen molar-refractivity contribution in [3.63, 3.8) is 0 Å². The number of hydrogen-bond acceptors (Lipinski definition) is 5. The highest BCUT2D eigenvalue weighted by atomic mass is 16.5. The first-order valence-corrected chi connectivity index (χ1v) is 8.64. The fourth-order valence-electron chi connectivity index (χ4n) is 3.33. The number of fused-ring (bicyclic) bond motifs is 1. The molecule has 1 fully saturated rings. The molecule has 0 bridgehead atoms. The van der Waals surface area contributed by atoms with E-state index in [1.54, 1.807) is 44.2 Å². The summed E-state index contributed by atoms with van der Waals surface area (Å²) in [5.41, 5.74) is -0.624. The van der Waals surface area contributed by atoms with E-state index >= 15 is 0 Å². The number of carbonyl (C=O) groups excluding carboxylic acids is 2. The molecule has 8 heteroatoms. The summed E-state index contributed by atoms with van der Waals surface area (Å²) in [5.74, 6) is -2.74. The molecule has 2 aliphatic heterocycles. The third kappa shape index (κ3) is 3.16. The highest BCUT2D eigenvalue weighted by Gasteiger charge is 2.60. The number of amides is 2. The number of nitrogens with one attached hydrogen (secondary N) is 1. The number of aliphatic hydroxyl groups is 1. The van der Waals surface area contributed by atoms with Crippen molar-refractivity contribution in [1.29, 1.82) is 0 Å². The van der Waals surface area contributed by atoms with Crippen molar-refractivity contribution in [2.75, 3.05) is 6.54 Å². The molecule has 3 N–H and O–H groups in total. The van der Waals surface area contributed by atoms with Crippen molar-refractivity contribution in [2.24, 2.45) is 11.3 Å². The second-order valence-corrected chi connectivity index (χ2v) is 7.40. The number of rotatable bonds is 6. The van der Waals surface area contributed by atoms with Crippen molar-refractivity contribution in [3.8, 4) is 0 Å². The van der Waals surface area contributed by atoms with Gasteiger partial charge < -0.3 is 20.3 Å². The number of hydrogen-bond donors (Lipinski definition) is 3. The number of β-lactam (4-membered cyclic amide) rings is 1. The number of carboxylic acids is 1. The van der Waals surface area contributed by atoms with Gasteiger partial charge in [0.2, 0.25) is 5.91 Å². The van der Waals surface area contributed by atoms with Gasteiger partial charge in [0, 0.05) is 17.5 Å². The molecule has 0 unspecified atom stereocenters. The average molecular weight is 374 g/mol. The minimum Gasteiger partial charge on any atom is -0.476 e. The predicted molar refractivity (Wildman–Crippen MR) is 94.1 cm³/mol. The number of aliphatic hydroxyl groups excluding tert-OH is 1. The molecule has 1 aromatic rings. The topological polar surface area (TPSA) is 116 Å². The monoisotopic (exact) mass is 374 g/mol. The number of ether oxygens (including phenoxy) is 1. The van der Waals surface area contributed by atoms with Crippen LogP contribution in [0.15, 0.2) is 41.8 Å². The van der Waals surface area contributed by atoms with Crippen molar-refractivity contribution < 1.29 is 29.3 Å². The number of benzene rings is 1. The summed E-state index contributed by atoms with van der Waals surface area (Å²) in [6, 6.07) is 8.65. The van der Waals surface area contributed by atoms with Crippen LogP contribution in [0.1, 0.15) is 31.1 Å². The SMILES string of the molecule is C[C@@H](O)[C@H]1C(=O)N2C(C(=O)O)=C(C(C)(C)CNC(=O)c3ccccc3)O[C@H]12. The molecule has 0 radical (unpaired) electrons. The maximum Gasteiger partial charge on any atom is 0.356 e. The summed E-state index contributed by atoms with van der Waals surface area (Å²) in [6.07, 6.45) is -1.78. The Morgan fingerprint density at radius 1 is 1.30 bits per heavy atom. The molecule has 0 aliphatic carbocycles. The maximum atomic E-state index is 12.3. The van der Waals surface area contributed by atoms with E-state index in [-0.39, 0.29) is 23.9 Å². The third-order valence-corrected chi connectivity index (χ3v) is 4.84. The van der Waals surface area contributed by atoms with E-state index < -0.39 is 35.5 Å². The second-order valence-electron chi connectivity index (χ2n) is 7.40. The summed E-state index contributed by atoms with van der Waals surface area (Å²) in [7, 11) is 0. The van der Waals surface area contributed by atoms with Gasteiger partial charge in [-0.2, -0.15) is 0 Å².